The number of piperazine rings is 4. The quantitative estimate of drug-likeness (QED) is 0.0633. The number of phenolic OH excluding ortho intramolecular Hbond substituents is 1. The van der Waals surface area contributed by atoms with Gasteiger partial charge in [-0.25, -0.2) is 19.9 Å². The van der Waals surface area contributed by atoms with Crippen molar-refractivity contribution in [2.75, 3.05) is 132 Å². The Labute approximate surface area is 661 Å². The third-order valence-corrected chi connectivity index (χ3v) is 19.0. The molecule has 0 spiro atoms. The number of halogens is 12. The predicted molar refractivity (Wildman–Crippen MR) is 414 cm³/mol. The fraction of sp³-hybridized carbons (Fsp3) is 0.291. The van der Waals surface area contributed by atoms with Gasteiger partial charge in [0.15, 0.2) is 34.5 Å². The second kappa shape index (κ2) is 35.3. The van der Waals surface area contributed by atoms with Gasteiger partial charge in [0, 0.05) is 176 Å². The summed E-state index contributed by atoms with van der Waals surface area (Å²) in [5.41, 5.74) is 5.99. The van der Waals surface area contributed by atoms with Crippen molar-refractivity contribution in [2.24, 2.45) is 0 Å². The highest BCUT2D eigenvalue weighted by atomic mass is 19.4. The van der Waals surface area contributed by atoms with Crippen LogP contribution >= 0.6 is 0 Å². The number of alkyl halides is 12. The highest BCUT2D eigenvalue weighted by Crippen LogP contribution is 2.39. The zero-order chi connectivity index (χ0) is 83.8. The van der Waals surface area contributed by atoms with Crippen molar-refractivity contribution >= 4 is 45.3 Å². The summed E-state index contributed by atoms with van der Waals surface area (Å²) < 4.78 is 183. The molecule has 0 bridgehead atoms. The summed E-state index contributed by atoms with van der Waals surface area (Å²) >= 11 is 0. The third kappa shape index (κ3) is 21.0. The molecular weight excluding hydrogens is 1580 g/mol. The number of hydrogen-bond donors (Lipinski definition) is 5. The van der Waals surface area contributed by atoms with Crippen molar-refractivity contribution < 1.29 is 86.2 Å². The first-order chi connectivity index (χ1) is 56.3. The van der Waals surface area contributed by atoms with E-state index < -0.39 is 48.4 Å². The lowest BCUT2D eigenvalue weighted by atomic mass is 10.1. The van der Waals surface area contributed by atoms with Gasteiger partial charge < -0.3 is 74.4 Å². The molecule has 0 aliphatic carbocycles. The van der Waals surface area contributed by atoms with Crippen LogP contribution in [0.1, 0.15) is 6.92 Å². The van der Waals surface area contributed by atoms with Crippen molar-refractivity contribution in [3.8, 4) is 85.3 Å². The number of aromatic nitrogens is 8. The molecule has 4 aliphatic heterocycles. The van der Waals surface area contributed by atoms with Crippen LogP contribution in [0.5, 0.6) is 40.2 Å². The van der Waals surface area contributed by atoms with Crippen LogP contribution in [-0.2, 0) is 0 Å². The van der Waals surface area contributed by atoms with E-state index in [2.05, 4.69) is 86.7 Å². The van der Waals surface area contributed by atoms with Crippen LogP contribution in [0, 0.1) is 0 Å². The molecule has 8 aromatic heterocycles. The smallest absolute Gasteiger partial charge is 0.504 e. The maximum atomic E-state index is 12.8. The normalized spacial score (nSPS) is 15.5. The standard InChI is InChI=1S/C21H21F3N4O3.C20H19F3N4O3.C19H17F3N4O3.C19H17F3N4O2/c1-13-11-27(8-7-25-13)15-4-6-19-26-16(10-20(29)28(19)12-15)14-3-5-17(30-2)18(9-14)31-21(22,23)24;1-29-16-4-2-13(10-17(16)30-20(21,22)23)15-11-19(28)27-12-14(3-5-18(27)25-15)26-8-6-24-7-9-26;20-19(21,22)29-16-9-12(1-3-15(16)27)14-10-18(28)26-11-13(2-4-17(26)24-14)25-7-5-23-6-8-25;20-19(21,22)28-15-3-1-2-13(10-15)16-11-18(27)26-12-14(4-5-17(26)24-16)25-8-6-23-7-9-25/h3-6,9-10,12-13,25H,7-8,11H2,1-2H3;2-5,10-12,24H,6-9H2,1H3;1-4,9-11,23,27H,5-8H2;1-5,10-12,23H,6-9H2/t13-;;;/m0.../s1. The Kier molecular flexibility index (Phi) is 24.8. The van der Waals surface area contributed by atoms with Gasteiger partial charge in [0.25, 0.3) is 22.2 Å². The van der Waals surface area contributed by atoms with Crippen molar-refractivity contribution in [1.82, 2.24) is 58.8 Å². The number of aromatic hydroxyl groups is 1. The van der Waals surface area contributed by atoms with Crippen LogP contribution in [-0.4, -0.2) is 187 Å². The lowest BCUT2D eigenvalue weighted by Crippen LogP contribution is -2.49. The molecule has 620 valence electrons. The van der Waals surface area contributed by atoms with Gasteiger partial charge >= 0.3 is 25.4 Å². The first kappa shape index (κ1) is 83.1. The summed E-state index contributed by atoms with van der Waals surface area (Å²) in [7, 11) is 2.49. The molecule has 118 heavy (non-hydrogen) atoms. The fourth-order valence-corrected chi connectivity index (χ4v) is 13.5. The van der Waals surface area contributed by atoms with E-state index in [9.17, 15) is 77.0 Å². The lowest BCUT2D eigenvalue weighted by Gasteiger charge is -2.33. The van der Waals surface area contributed by atoms with E-state index in [1.807, 2.05) is 24.3 Å². The summed E-state index contributed by atoms with van der Waals surface area (Å²) in [5.74, 6) is -2.93. The SMILES string of the molecule is COc1ccc(-c2cc(=O)n3cc(N4CCNCC4)ccc3n2)cc1OC(F)(F)F.COc1ccc(-c2cc(=O)n3cc(N4CCN[C@@H](C)C4)ccc3n2)cc1OC(F)(F)F.O=c1cc(-c2ccc(O)c(OC(F)(F)F)c2)nc2ccc(N3CCNCC3)cn12.O=c1cc(-c2cccc(OC(F)(F)F)c2)nc2ccc(N3CCNCC3)cn12. The zero-order valence-electron chi connectivity index (χ0n) is 62.9. The topological polar surface area (TPSA) is 274 Å². The molecule has 4 aliphatic rings. The monoisotopic (exact) mass is 1650 g/mol. The Balaban J connectivity index is 0.000000136. The minimum Gasteiger partial charge on any atom is -0.504 e. The van der Waals surface area contributed by atoms with Gasteiger partial charge in [0.05, 0.1) is 59.7 Å². The van der Waals surface area contributed by atoms with Crippen molar-refractivity contribution in [2.45, 2.75) is 38.4 Å². The van der Waals surface area contributed by atoms with Gasteiger partial charge in [0.2, 0.25) is 0 Å². The first-order valence-electron chi connectivity index (χ1n) is 36.6. The Morgan fingerprint density at radius 2 is 0.669 bits per heavy atom. The van der Waals surface area contributed by atoms with E-state index in [4.69, 9.17) is 9.47 Å². The number of hydrogen-bond acceptors (Lipinski definition) is 23. The van der Waals surface area contributed by atoms with Crippen LogP contribution in [0.25, 0.3) is 67.6 Å². The molecule has 27 nitrogen and oxygen atoms in total. The number of rotatable bonds is 14. The van der Waals surface area contributed by atoms with Gasteiger partial charge in [0.1, 0.15) is 28.3 Å². The number of phenols is 1. The maximum absolute atomic E-state index is 12.8. The molecular formula is C79H74F12N16O11. The largest absolute Gasteiger partial charge is 0.573 e. The number of anilines is 4. The van der Waals surface area contributed by atoms with Crippen molar-refractivity contribution in [3.05, 3.63) is 218 Å². The molecule has 12 heterocycles. The molecule has 4 fully saturated rings. The number of ether oxygens (including phenoxy) is 6. The summed E-state index contributed by atoms with van der Waals surface area (Å²) in [5, 5.41) is 22.8. The average Bonchev–Trinajstić information content (AvgIpc) is 0.795. The molecule has 4 aromatic carbocycles. The van der Waals surface area contributed by atoms with Gasteiger partial charge in [-0.05, 0) is 122 Å². The van der Waals surface area contributed by atoms with E-state index in [0.717, 1.165) is 145 Å². The summed E-state index contributed by atoms with van der Waals surface area (Å²) in [6.07, 6.45) is -12.6. The molecule has 0 unspecified atom stereocenters. The van der Waals surface area contributed by atoms with E-state index in [1.165, 1.54) is 105 Å². The zero-order valence-corrected chi connectivity index (χ0v) is 62.9. The van der Waals surface area contributed by atoms with Crippen LogP contribution < -0.4 is 91.5 Å². The van der Waals surface area contributed by atoms with Gasteiger partial charge in [-0.15, -0.1) is 52.7 Å². The van der Waals surface area contributed by atoms with E-state index in [-0.39, 0.29) is 67.8 Å². The molecule has 39 heteroatoms. The minimum atomic E-state index is -4.95. The Morgan fingerprint density at radius 3 is 1.01 bits per heavy atom. The van der Waals surface area contributed by atoms with Gasteiger partial charge in [-0.1, -0.05) is 12.1 Å². The number of fused-ring (bicyclic) bond motifs is 4. The number of nitrogens with one attached hydrogen (secondary N) is 4. The van der Waals surface area contributed by atoms with Crippen LogP contribution in [0.15, 0.2) is 196 Å². The molecule has 1 atom stereocenters. The Hall–Kier alpha value is -12.9. The van der Waals surface area contributed by atoms with Gasteiger partial charge in [-0.3, -0.25) is 36.8 Å². The number of nitrogens with zero attached hydrogens (tertiary/aromatic N) is 12. The Bertz CT molecular complexity index is 5870. The number of pyridine rings is 4. The highest BCUT2D eigenvalue weighted by molar-refractivity contribution is 5.70. The molecule has 4 saturated heterocycles. The maximum Gasteiger partial charge on any atom is 0.573 e. The minimum absolute atomic E-state index is 0.0748. The van der Waals surface area contributed by atoms with E-state index in [0.29, 0.717) is 45.3 Å². The molecule has 0 amide bonds. The molecule has 12 aromatic rings. The molecule has 0 saturated carbocycles. The second-order valence-electron chi connectivity index (χ2n) is 27.0. The first-order valence-corrected chi connectivity index (χ1v) is 36.6. The van der Waals surface area contributed by atoms with E-state index in [1.54, 1.807) is 55.1 Å². The third-order valence-electron chi connectivity index (χ3n) is 19.0. The number of methoxy groups -OCH3 is 2. The summed E-state index contributed by atoms with van der Waals surface area (Å²) in [4.78, 5) is 77.1. The van der Waals surface area contributed by atoms with Crippen LogP contribution in [0.3, 0.4) is 0 Å². The molecule has 0 radical (unpaired) electrons. The fourth-order valence-electron chi connectivity index (χ4n) is 13.5. The second-order valence-corrected chi connectivity index (χ2v) is 27.0. The Morgan fingerprint density at radius 1 is 0.356 bits per heavy atom. The summed E-state index contributed by atoms with van der Waals surface area (Å²) in [6.45, 7) is 14.8. The number of benzene rings is 4. The molecule has 16 rings (SSSR count). The highest BCUT2D eigenvalue weighted by Gasteiger charge is 2.36. The van der Waals surface area contributed by atoms with Crippen molar-refractivity contribution in [3.63, 3.8) is 0 Å². The van der Waals surface area contributed by atoms with Crippen molar-refractivity contribution in [1.29, 1.82) is 0 Å². The van der Waals surface area contributed by atoms with E-state index >= 15 is 0 Å². The summed E-state index contributed by atoms with van der Waals surface area (Å²) in [6, 6.07) is 36.7. The predicted octanol–water partition coefficient (Wildman–Crippen LogP) is 10.8. The van der Waals surface area contributed by atoms with Crippen LogP contribution in [0.2, 0.25) is 0 Å². The average molecular weight is 1650 g/mol. The molecule has 5 N–H and O–H groups in total. The van der Waals surface area contributed by atoms with Crippen LogP contribution in [0.4, 0.5) is 75.4 Å². The van der Waals surface area contributed by atoms with Gasteiger partial charge in [-0.2, -0.15) is 0 Å². The lowest BCUT2D eigenvalue weighted by molar-refractivity contribution is -0.276.